The standard InChI is InChI=1S/C11H10BrN3O2S/c1-15-9(7(5-14-15)11(16)17)6-18-10-8(12)3-2-4-13-10/h2-5H,6H2,1H3,(H,16,17). The van der Waals surface area contributed by atoms with E-state index in [1.807, 2.05) is 12.1 Å². The first-order valence-electron chi connectivity index (χ1n) is 5.07. The molecule has 2 heterocycles. The topological polar surface area (TPSA) is 68.0 Å². The zero-order valence-corrected chi connectivity index (χ0v) is 11.9. The third-order valence-corrected chi connectivity index (χ3v) is 4.28. The highest BCUT2D eigenvalue weighted by atomic mass is 79.9. The Balaban J connectivity index is 2.18. The number of aromatic carboxylic acids is 1. The molecule has 1 N–H and O–H groups in total. The lowest BCUT2D eigenvalue weighted by molar-refractivity contribution is 0.0696. The van der Waals surface area contributed by atoms with Crippen LogP contribution in [0.15, 0.2) is 34.0 Å². The van der Waals surface area contributed by atoms with E-state index in [4.69, 9.17) is 5.11 Å². The highest BCUT2D eigenvalue weighted by Crippen LogP contribution is 2.28. The smallest absolute Gasteiger partial charge is 0.339 e. The fourth-order valence-corrected chi connectivity index (χ4v) is 2.98. The van der Waals surface area contributed by atoms with Gasteiger partial charge in [0.1, 0.15) is 10.6 Å². The summed E-state index contributed by atoms with van der Waals surface area (Å²) in [5.41, 5.74) is 0.905. The molecule has 0 spiro atoms. The van der Waals surface area contributed by atoms with E-state index < -0.39 is 5.97 Å². The fourth-order valence-electron chi connectivity index (χ4n) is 1.43. The fraction of sp³-hybridized carbons (Fsp3) is 0.182. The Hall–Kier alpha value is -1.34. The highest BCUT2D eigenvalue weighted by Gasteiger charge is 2.15. The number of carboxylic acid groups (broad SMARTS) is 1. The van der Waals surface area contributed by atoms with Gasteiger partial charge in [-0.25, -0.2) is 9.78 Å². The molecule has 0 aromatic carbocycles. The Kier molecular flexibility index (Phi) is 4.03. The largest absolute Gasteiger partial charge is 0.478 e. The predicted octanol–water partition coefficient (Wildman–Crippen LogP) is 2.57. The number of nitrogens with zero attached hydrogens (tertiary/aromatic N) is 3. The summed E-state index contributed by atoms with van der Waals surface area (Å²) in [6.07, 6.45) is 3.07. The molecule has 0 bridgehead atoms. The van der Waals surface area contributed by atoms with Crippen LogP contribution in [0.1, 0.15) is 16.1 Å². The van der Waals surface area contributed by atoms with Crippen LogP contribution in [-0.2, 0) is 12.8 Å². The lowest BCUT2D eigenvalue weighted by Gasteiger charge is -2.04. The average molecular weight is 328 g/mol. The predicted molar refractivity (Wildman–Crippen MR) is 71.7 cm³/mol. The molecule has 2 aromatic heterocycles. The van der Waals surface area contributed by atoms with Crippen molar-refractivity contribution in [1.82, 2.24) is 14.8 Å². The van der Waals surface area contributed by atoms with Gasteiger partial charge in [0, 0.05) is 23.5 Å². The van der Waals surface area contributed by atoms with Gasteiger partial charge in [0.05, 0.1) is 11.9 Å². The second kappa shape index (κ2) is 5.53. The maximum absolute atomic E-state index is 11.0. The minimum Gasteiger partial charge on any atom is -0.478 e. The van der Waals surface area contributed by atoms with Crippen molar-refractivity contribution in [3.05, 3.63) is 40.3 Å². The van der Waals surface area contributed by atoms with E-state index >= 15 is 0 Å². The van der Waals surface area contributed by atoms with Gasteiger partial charge < -0.3 is 5.11 Å². The minimum atomic E-state index is -0.959. The van der Waals surface area contributed by atoms with Crippen molar-refractivity contribution in [2.24, 2.45) is 7.05 Å². The number of carboxylic acids is 1. The van der Waals surface area contributed by atoms with Crippen LogP contribution in [0, 0.1) is 0 Å². The molecule has 5 nitrogen and oxygen atoms in total. The Morgan fingerprint density at radius 1 is 1.61 bits per heavy atom. The van der Waals surface area contributed by atoms with Crippen LogP contribution in [-0.4, -0.2) is 25.8 Å². The number of halogens is 1. The van der Waals surface area contributed by atoms with Crippen molar-refractivity contribution in [1.29, 1.82) is 0 Å². The number of hydrogen-bond donors (Lipinski definition) is 1. The van der Waals surface area contributed by atoms with Gasteiger partial charge in [-0.05, 0) is 28.1 Å². The van der Waals surface area contributed by atoms with Gasteiger partial charge in [-0.3, -0.25) is 4.68 Å². The summed E-state index contributed by atoms with van der Waals surface area (Å²) in [5, 5.41) is 13.8. The zero-order chi connectivity index (χ0) is 13.1. The molecule has 2 aromatic rings. The number of pyridine rings is 1. The molecule has 0 aliphatic rings. The normalized spacial score (nSPS) is 10.6. The van der Waals surface area contributed by atoms with E-state index in [1.165, 1.54) is 18.0 Å². The minimum absolute atomic E-state index is 0.233. The van der Waals surface area contributed by atoms with E-state index in [9.17, 15) is 4.79 Å². The SMILES string of the molecule is Cn1ncc(C(=O)O)c1CSc1ncccc1Br. The first-order valence-corrected chi connectivity index (χ1v) is 6.85. The molecule has 94 valence electrons. The summed E-state index contributed by atoms with van der Waals surface area (Å²) in [6.45, 7) is 0. The quantitative estimate of drug-likeness (QED) is 0.874. The molecule has 0 unspecified atom stereocenters. The zero-order valence-electron chi connectivity index (χ0n) is 9.50. The summed E-state index contributed by atoms with van der Waals surface area (Å²) in [6, 6.07) is 3.73. The molecule has 0 fully saturated rings. The van der Waals surface area contributed by atoms with Crippen molar-refractivity contribution in [2.45, 2.75) is 10.8 Å². The van der Waals surface area contributed by atoms with E-state index in [2.05, 4.69) is 26.0 Å². The monoisotopic (exact) mass is 327 g/mol. The van der Waals surface area contributed by atoms with Crippen molar-refractivity contribution >= 4 is 33.7 Å². The first kappa shape index (κ1) is 13.1. The van der Waals surface area contributed by atoms with Crippen molar-refractivity contribution in [3.8, 4) is 0 Å². The molecule has 2 rings (SSSR count). The molecule has 0 atom stereocenters. The molecule has 0 amide bonds. The number of rotatable bonds is 4. The first-order chi connectivity index (χ1) is 8.59. The summed E-state index contributed by atoms with van der Waals surface area (Å²) in [5.74, 6) is -0.452. The van der Waals surface area contributed by atoms with Crippen LogP contribution in [0.3, 0.4) is 0 Å². The second-order valence-electron chi connectivity index (χ2n) is 3.51. The molecule has 18 heavy (non-hydrogen) atoms. The van der Waals surface area contributed by atoms with E-state index in [0.717, 1.165) is 9.50 Å². The van der Waals surface area contributed by atoms with Crippen molar-refractivity contribution < 1.29 is 9.90 Å². The lowest BCUT2D eigenvalue weighted by Crippen LogP contribution is -2.03. The molecular formula is C11H10BrN3O2S. The molecule has 0 saturated carbocycles. The summed E-state index contributed by atoms with van der Waals surface area (Å²) in [4.78, 5) is 15.2. The molecule has 0 aliphatic heterocycles. The van der Waals surface area contributed by atoms with Crippen LogP contribution in [0.2, 0.25) is 0 Å². The molecule has 0 aliphatic carbocycles. The third-order valence-electron chi connectivity index (χ3n) is 2.36. The van der Waals surface area contributed by atoms with Crippen LogP contribution in [0.4, 0.5) is 0 Å². The summed E-state index contributed by atoms with van der Waals surface area (Å²) in [7, 11) is 1.73. The maximum Gasteiger partial charge on any atom is 0.339 e. The summed E-state index contributed by atoms with van der Waals surface area (Å²) < 4.78 is 2.47. The Labute approximate surface area is 116 Å². The van der Waals surface area contributed by atoms with E-state index in [0.29, 0.717) is 11.4 Å². The van der Waals surface area contributed by atoms with Gasteiger partial charge in [-0.15, -0.1) is 0 Å². The van der Waals surface area contributed by atoms with Crippen molar-refractivity contribution in [2.75, 3.05) is 0 Å². The third kappa shape index (κ3) is 2.73. The van der Waals surface area contributed by atoms with E-state index in [-0.39, 0.29) is 5.56 Å². The number of hydrogen-bond acceptors (Lipinski definition) is 4. The molecule has 0 saturated heterocycles. The molecule has 0 radical (unpaired) electrons. The Morgan fingerprint density at radius 3 is 3.06 bits per heavy atom. The van der Waals surface area contributed by atoms with E-state index in [1.54, 1.807) is 17.9 Å². The number of aromatic nitrogens is 3. The van der Waals surface area contributed by atoms with Gasteiger partial charge in [-0.1, -0.05) is 11.8 Å². The molecule has 7 heteroatoms. The average Bonchev–Trinajstić information content (AvgIpc) is 2.70. The van der Waals surface area contributed by atoms with Crippen molar-refractivity contribution in [3.63, 3.8) is 0 Å². The highest BCUT2D eigenvalue weighted by molar-refractivity contribution is 9.10. The van der Waals surface area contributed by atoms with Gasteiger partial charge in [0.15, 0.2) is 0 Å². The van der Waals surface area contributed by atoms with Crippen LogP contribution in [0.25, 0.3) is 0 Å². The van der Waals surface area contributed by atoms with Crippen LogP contribution >= 0.6 is 27.7 Å². The lowest BCUT2D eigenvalue weighted by atomic mass is 10.3. The second-order valence-corrected chi connectivity index (χ2v) is 5.33. The number of carbonyl (C=O) groups is 1. The number of aryl methyl sites for hydroxylation is 1. The summed E-state index contributed by atoms with van der Waals surface area (Å²) >= 11 is 4.87. The maximum atomic E-state index is 11.0. The Bertz CT molecular complexity index is 585. The molecular weight excluding hydrogens is 318 g/mol. The van der Waals surface area contributed by atoms with Crippen LogP contribution in [0.5, 0.6) is 0 Å². The van der Waals surface area contributed by atoms with Gasteiger partial charge >= 0.3 is 5.97 Å². The van der Waals surface area contributed by atoms with Gasteiger partial charge in [0.2, 0.25) is 0 Å². The van der Waals surface area contributed by atoms with Gasteiger partial charge in [-0.2, -0.15) is 5.10 Å². The Morgan fingerprint density at radius 2 is 2.39 bits per heavy atom. The number of thioether (sulfide) groups is 1. The van der Waals surface area contributed by atoms with Crippen LogP contribution < -0.4 is 0 Å². The van der Waals surface area contributed by atoms with Gasteiger partial charge in [0.25, 0.3) is 0 Å².